The molecule has 0 saturated heterocycles. The summed E-state index contributed by atoms with van der Waals surface area (Å²) < 4.78 is 4.25. The quantitative estimate of drug-likeness (QED) is 0.867. The van der Waals surface area contributed by atoms with Gasteiger partial charge in [0, 0.05) is 10.3 Å². The van der Waals surface area contributed by atoms with Gasteiger partial charge < -0.3 is 5.11 Å². The first kappa shape index (κ1) is 10.1. The van der Waals surface area contributed by atoms with E-state index in [9.17, 15) is 4.79 Å². The number of carbonyl (C=O) groups is 1. The predicted octanol–water partition coefficient (Wildman–Crippen LogP) is 2.87. The van der Waals surface area contributed by atoms with Gasteiger partial charge in [0.15, 0.2) is 0 Å². The molecule has 1 heterocycles. The number of carboxylic acids is 1. The summed E-state index contributed by atoms with van der Waals surface area (Å²) in [7, 11) is 0. The van der Waals surface area contributed by atoms with Crippen molar-refractivity contribution in [3.8, 4) is 0 Å². The third-order valence-corrected chi connectivity index (χ3v) is 3.42. The van der Waals surface area contributed by atoms with Gasteiger partial charge in [0.05, 0.1) is 11.4 Å². The first-order valence-electron chi connectivity index (χ1n) is 4.81. The van der Waals surface area contributed by atoms with Crippen LogP contribution in [0.5, 0.6) is 0 Å². The molecule has 1 N–H and O–H groups in total. The highest BCUT2D eigenvalue weighted by molar-refractivity contribution is 7.07. The van der Waals surface area contributed by atoms with Gasteiger partial charge in [-0.1, -0.05) is 25.1 Å². The summed E-state index contributed by atoms with van der Waals surface area (Å²) in [6.07, 6.45) is 0.599. The van der Waals surface area contributed by atoms with Gasteiger partial charge in [-0.15, -0.1) is 0 Å². The molecular weight excluding hydrogens is 210 g/mol. The van der Waals surface area contributed by atoms with Crippen LogP contribution in [-0.2, 0) is 4.79 Å². The molecule has 4 heteroatoms. The van der Waals surface area contributed by atoms with Gasteiger partial charge >= 0.3 is 5.97 Å². The molecule has 0 aliphatic heterocycles. The van der Waals surface area contributed by atoms with Crippen LogP contribution in [0.25, 0.3) is 10.9 Å². The van der Waals surface area contributed by atoms with Gasteiger partial charge in [-0.25, -0.2) is 0 Å². The molecule has 1 aromatic carbocycles. The van der Waals surface area contributed by atoms with Crippen molar-refractivity contribution in [3.63, 3.8) is 0 Å². The number of hydrogen-bond acceptors (Lipinski definition) is 3. The van der Waals surface area contributed by atoms with Crippen LogP contribution in [0.2, 0.25) is 0 Å². The second-order valence-corrected chi connectivity index (χ2v) is 4.17. The number of hydrogen-bond donors (Lipinski definition) is 1. The molecule has 1 unspecified atom stereocenters. The lowest BCUT2D eigenvalue weighted by Crippen LogP contribution is -2.08. The van der Waals surface area contributed by atoms with Gasteiger partial charge in [0.1, 0.15) is 0 Å². The van der Waals surface area contributed by atoms with Crippen LogP contribution in [0.1, 0.15) is 24.1 Å². The minimum atomic E-state index is -0.771. The Morgan fingerprint density at radius 3 is 2.93 bits per heavy atom. The second kappa shape index (κ2) is 3.98. The lowest BCUT2D eigenvalue weighted by atomic mass is 10.0. The molecule has 78 valence electrons. The van der Waals surface area contributed by atoms with E-state index in [4.69, 9.17) is 5.11 Å². The van der Waals surface area contributed by atoms with Crippen molar-refractivity contribution in [2.45, 2.75) is 19.3 Å². The molecule has 0 saturated carbocycles. The minimum Gasteiger partial charge on any atom is -0.481 e. The average Bonchev–Trinajstić information content (AvgIpc) is 2.63. The van der Waals surface area contributed by atoms with Crippen molar-refractivity contribution in [2.75, 3.05) is 0 Å². The van der Waals surface area contributed by atoms with Gasteiger partial charge in [0.2, 0.25) is 0 Å². The molecule has 1 aromatic heterocycles. The molecule has 2 aromatic rings. The topological polar surface area (TPSA) is 50.2 Å². The second-order valence-electron chi connectivity index (χ2n) is 3.36. The zero-order chi connectivity index (χ0) is 10.8. The Morgan fingerprint density at radius 2 is 2.27 bits per heavy atom. The van der Waals surface area contributed by atoms with Gasteiger partial charge in [-0.05, 0) is 24.0 Å². The van der Waals surface area contributed by atoms with E-state index in [0.717, 1.165) is 15.8 Å². The maximum atomic E-state index is 11.1. The molecule has 0 aliphatic rings. The number of benzene rings is 1. The van der Waals surface area contributed by atoms with Gasteiger partial charge in [0.25, 0.3) is 0 Å². The van der Waals surface area contributed by atoms with Crippen LogP contribution in [0, 0.1) is 0 Å². The summed E-state index contributed by atoms with van der Waals surface area (Å²) in [5.41, 5.74) is 0.886. The normalized spacial score (nSPS) is 12.9. The number of rotatable bonds is 3. The Balaban J connectivity index is 2.55. The van der Waals surface area contributed by atoms with Crippen LogP contribution in [-0.4, -0.2) is 15.4 Å². The third-order valence-electron chi connectivity index (χ3n) is 2.43. The van der Waals surface area contributed by atoms with Crippen LogP contribution in [0.15, 0.2) is 24.3 Å². The lowest BCUT2D eigenvalue weighted by Gasteiger charge is -2.06. The fourth-order valence-corrected chi connectivity index (χ4v) is 2.65. The van der Waals surface area contributed by atoms with Crippen LogP contribution < -0.4 is 0 Å². The zero-order valence-electron chi connectivity index (χ0n) is 8.30. The largest absolute Gasteiger partial charge is 0.481 e. The maximum absolute atomic E-state index is 11.1. The summed E-state index contributed by atoms with van der Waals surface area (Å²) in [6, 6.07) is 7.66. The monoisotopic (exact) mass is 221 g/mol. The highest BCUT2D eigenvalue weighted by Crippen LogP contribution is 2.31. The molecule has 0 aliphatic carbocycles. The van der Waals surface area contributed by atoms with Crippen LogP contribution in [0.3, 0.4) is 0 Å². The Kier molecular flexibility index (Phi) is 2.68. The highest BCUT2D eigenvalue weighted by atomic mass is 32.1. The van der Waals surface area contributed by atoms with Crippen LogP contribution >= 0.6 is 11.5 Å². The van der Waals surface area contributed by atoms with Crippen LogP contribution in [0.4, 0.5) is 0 Å². The highest BCUT2D eigenvalue weighted by Gasteiger charge is 2.22. The number of aromatic nitrogens is 1. The molecule has 0 bridgehead atoms. The van der Waals surface area contributed by atoms with E-state index in [1.807, 2.05) is 31.2 Å². The van der Waals surface area contributed by atoms with Crippen molar-refractivity contribution in [1.29, 1.82) is 0 Å². The first-order valence-corrected chi connectivity index (χ1v) is 5.58. The first-order chi connectivity index (χ1) is 7.24. The molecule has 0 fully saturated rings. The summed E-state index contributed by atoms with van der Waals surface area (Å²) >= 11 is 1.29. The van der Waals surface area contributed by atoms with E-state index in [1.54, 1.807) is 0 Å². The summed E-state index contributed by atoms with van der Waals surface area (Å²) in [4.78, 5) is 11.9. The molecule has 15 heavy (non-hydrogen) atoms. The number of carboxylic acid groups (broad SMARTS) is 1. The molecule has 0 spiro atoms. The lowest BCUT2D eigenvalue weighted by molar-refractivity contribution is -0.138. The minimum absolute atomic E-state index is 0.428. The van der Waals surface area contributed by atoms with E-state index < -0.39 is 11.9 Å². The van der Waals surface area contributed by atoms with E-state index in [1.165, 1.54) is 11.5 Å². The average molecular weight is 221 g/mol. The summed E-state index contributed by atoms with van der Waals surface area (Å²) in [5, 5.41) is 10.1. The van der Waals surface area contributed by atoms with Crippen molar-refractivity contribution in [3.05, 3.63) is 29.1 Å². The number of nitrogens with zero attached hydrogens (tertiary/aromatic N) is 1. The molecule has 1 atom stereocenters. The Morgan fingerprint density at radius 1 is 1.53 bits per heavy atom. The fraction of sp³-hybridized carbons (Fsp3) is 0.273. The fourth-order valence-electron chi connectivity index (χ4n) is 1.63. The number of fused-ring (bicyclic) bond motifs is 1. The van der Waals surface area contributed by atoms with E-state index in [0.29, 0.717) is 6.42 Å². The van der Waals surface area contributed by atoms with Crippen molar-refractivity contribution in [1.82, 2.24) is 4.37 Å². The predicted molar refractivity (Wildman–Crippen MR) is 60.3 cm³/mol. The molecule has 2 rings (SSSR count). The van der Waals surface area contributed by atoms with E-state index >= 15 is 0 Å². The molecule has 0 amide bonds. The smallest absolute Gasteiger partial charge is 0.311 e. The van der Waals surface area contributed by atoms with Gasteiger partial charge in [-0.2, -0.15) is 4.37 Å². The van der Waals surface area contributed by atoms with Gasteiger partial charge in [-0.3, -0.25) is 4.79 Å². The Labute approximate surface area is 91.5 Å². The SMILES string of the molecule is CCC(C(=O)O)c1snc2ccccc12. The van der Waals surface area contributed by atoms with Crippen molar-refractivity contribution in [2.24, 2.45) is 0 Å². The maximum Gasteiger partial charge on any atom is 0.311 e. The summed E-state index contributed by atoms with van der Waals surface area (Å²) in [6.45, 7) is 1.88. The Bertz CT molecular complexity index is 492. The Hall–Kier alpha value is -1.42. The summed E-state index contributed by atoms with van der Waals surface area (Å²) in [5.74, 6) is -1.20. The van der Waals surface area contributed by atoms with E-state index in [2.05, 4.69) is 4.37 Å². The van der Waals surface area contributed by atoms with E-state index in [-0.39, 0.29) is 0 Å². The third kappa shape index (κ3) is 1.72. The van der Waals surface area contributed by atoms with Crippen molar-refractivity contribution >= 4 is 28.4 Å². The molecule has 3 nitrogen and oxygen atoms in total. The number of aliphatic carboxylic acids is 1. The van der Waals surface area contributed by atoms with Crippen molar-refractivity contribution < 1.29 is 9.90 Å². The standard InChI is InChI=1S/C11H11NO2S/c1-2-7(11(13)14)10-8-5-3-4-6-9(8)12-15-10/h3-7H,2H2,1H3,(H,13,14). The molecular formula is C11H11NO2S. The molecule has 0 radical (unpaired) electrons. The zero-order valence-corrected chi connectivity index (χ0v) is 9.12.